The Labute approximate surface area is 113 Å². The van der Waals surface area contributed by atoms with Gasteiger partial charge in [-0.2, -0.15) is 0 Å². The van der Waals surface area contributed by atoms with E-state index < -0.39 is 11.9 Å². The van der Waals surface area contributed by atoms with Gasteiger partial charge in [0.25, 0.3) is 0 Å². The lowest BCUT2D eigenvalue weighted by Gasteiger charge is -2.23. The van der Waals surface area contributed by atoms with Crippen LogP contribution in [0.4, 0.5) is 5.69 Å². The minimum Gasteiger partial charge on any atom is -0.481 e. The zero-order chi connectivity index (χ0) is 13.1. The highest BCUT2D eigenvalue weighted by Gasteiger charge is 2.29. The first-order chi connectivity index (χ1) is 8.59. The van der Waals surface area contributed by atoms with Crippen LogP contribution in [0.3, 0.4) is 0 Å². The summed E-state index contributed by atoms with van der Waals surface area (Å²) < 4.78 is 0.782. The fourth-order valence-electron chi connectivity index (χ4n) is 1.90. The summed E-state index contributed by atoms with van der Waals surface area (Å²) in [5, 5.41) is 12.0. The predicted molar refractivity (Wildman–Crippen MR) is 70.5 cm³/mol. The molecule has 0 saturated carbocycles. The molecule has 18 heavy (non-hydrogen) atoms. The van der Waals surface area contributed by atoms with Gasteiger partial charge in [-0.25, -0.2) is 0 Å². The summed E-state index contributed by atoms with van der Waals surface area (Å²) in [7, 11) is 0. The van der Waals surface area contributed by atoms with Gasteiger partial charge in [0.1, 0.15) is 0 Å². The van der Waals surface area contributed by atoms with E-state index >= 15 is 0 Å². The number of para-hydroxylation sites is 1. The van der Waals surface area contributed by atoms with Gasteiger partial charge in [0.15, 0.2) is 0 Å². The molecule has 1 unspecified atom stereocenters. The SMILES string of the molecule is O=C(O)C1CNCC(=O)N(c2ccccc2Br)C1. The van der Waals surface area contributed by atoms with Crippen molar-refractivity contribution in [3.05, 3.63) is 28.7 Å². The van der Waals surface area contributed by atoms with Gasteiger partial charge < -0.3 is 15.3 Å². The highest BCUT2D eigenvalue weighted by molar-refractivity contribution is 9.10. The lowest BCUT2D eigenvalue weighted by molar-refractivity contribution is -0.141. The Hall–Kier alpha value is -1.40. The van der Waals surface area contributed by atoms with Crippen LogP contribution in [0, 0.1) is 5.92 Å². The summed E-state index contributed by atoms with van der Waals surface area (Å²) in [5.74, 6) is -1.61. The van der Waals surface area contributed by atoms with Crippen LogP contribution >= 0.6 is 15.9 Å². The largest absolute Gasteiger partial charge is 0.481 e. The average Bonchev–Trinajstić information content (AvgIpc) is 2.52. The highest BCUT2D eigenvalue weighted by Crippen LogP contribution is 2.27. The summed E-state index contributed by atoms with van der Waals surface area (Å²) in [6.07, 6.45) is 0. The molecule has 1 aromatic carbocycles. The summed E-state index contributed by atoms with van der Waals surface area (Å²) in [6, 6.07) is 7.30. The number of hydrogen-bond donors (Lipinski definition) is 2. The van der Waals surface area contributed by atoms with Gasteiger partial charge in [0.2, 0.25) is 5.91 Å². The number of carbonyl (C=O) groups excluding carboxylic acids is 1. The van der Waals surface area contributed by atoms with E-state index in [4.69, 9.17) is 5.11 Å². The van der Waals surface area contributed by atoms with Gasteiger partial charge in [-0.05, 0) is 28.1 Å². The summed E-state index contributed by atoms with van der Waals surface area (Å²) in [6.45, 7) is 0.650. The Morgan fingerprint density at radius 3 is 2.83 bits per heavy atom. The first kappa shape index (κ1) is 13.0. The summed E-state index contributed by atoms with van der Waals surface area (Å²) in [5.41, 5.74) is 0.706. The summed E-state index contributed by atoms with van der Waals surface area (Å²) in [4.78, 5) is 24.6. The van der Waals surface area contributed by atoms with Crippen molar-refractivity contribution in [3.63, 3.8) is 0 Å². The molecular formula is C12H13BrN2O3. The quantitative estimate of drug-likeness (QED) is 0.857. The zero-order valence-electron chi connectivity index (χ0n) is 9.60. The zero-order valence-corrected chi connectivity index (χ0v) is 11.2. The highest BCUT2D eigenvalue weighted by atomic mass is 79.9. The molecule has 0 aromatic heterocycles. The molecule has 2 rings (SSSR count). The monoisotopic (exact) mass is 312 g/mol. The Bertz CT molecular complexity index is 478. The molecule has 6 heteroatoms. The number of anilines is 1. The van der Waals surface area contributed by atoms with Crippen molar-refractivity contribution in [2.45, 2.75) is 0 Å². The van der Waals surface area contributed by atoms with Crippen LogP contribution in [0.15, 0.2) is 28.7 Å². The van der Waals surface area contributed by atoms with E-state index in [-0.39, 0.29) is 19.0 Å². The number of nitrogens with zero attached hydrogens (tertiary/aromatic N) is 1. The van der Waals surface area contributed by atoms with Crippen LogP contribution < -0.4 is 10.2 Å². The van der Waals surface area contributed by atoms with Crippen LogP contribution in [-0.4, -0.2) is 36.6 Å². The van der Waals surface area contributed by atoms with E-state index in [0.717, 1.165) is 4.47 Å². The van der Waals surface area contributed by atoms with Gasteiger partial charge in [0, 0.05) is 17.6 Å². The molecule has 0 aliphatic carbocycles. The molecule has 96 valence electrons. The van der Waals surface area contributed by atoms with E-state index in [9.17, 15) is 9.59 Å². The number of halogens is 1. The maximum atomic E-state index is 12.0. The first-order valence-electron chi connectivity index (χ1n) is 5.58. The number of hydrogen-bond acceptors (Lipinski definition) is 3. The topological polar surface area (TPSA) is 69.6 Å². The van der Waals surface area contributed by atoms with Crippen LogP contribution in [-0.2, 0) is 9.59 Å². The van der Waals surface area contributed by atoms with Gasteiger partial charge in [0.05, 0.1) is 18.2 Å². The standard InChI is InChI=1S/C12H13BrN2O3/c13-9-3-1-2-4-10(9)15-7-8(12(17)18)5-14-6-11(15)16/h1-4,8,14H,5-7H2,(H,17,18). The van der Waals surface area contributed by atoms with Crippen LogP contribution in [0.25, 0.3) is 0 Å². The van der Waals surface area contributed by atoms with Crippen LogP contribution in [0.1, 0.15) is 0 Å². The third-order valence-corrected chi connectivity index (χ3v) is 3.53. The van der Waals surface area contributed by atoms with E-state index in [1.807, 2.05) is 18.2 Å². The molecule has 1 aliphatic rings. The van der Waals surface area contributed by atoms with E-state index in [2.05, 4.69) is 21.2 Å². The first-order valence-corrected chi connectivity index (χ1v) is 6.37. The van der Waals surface area contributed by atoms with Crippen molar-refractivity contribution >= 4 is 33.5 Å². The minimum absolute atomic E-state index is 0.120. The second kappa shape index (κ2) is 5.49. The third-order valence-electron chi connectivity index (χ3n) is 2.86. The fraction of sp³-hybridized carbons (Fsp3) is 0.333. The van der Waals surface area contributed by atoms with Crippen LogP contribution in [0.2, 0.25) is 0 Å². The normalized spacial score (nSPS) is 20.6. The third kappa shape index (κ3) is 2.70. The molecular weight excluding hydrogens is 300 g/mol. The maximum Gasteiger partial charge on any atom is 0.309 e. The maximum absolute atomic E-state index is 12.0. The number of carboxylic acids is 1. The van der Waals surface area contributed by atoms with Crippen molar-refractivity contribution in [2.24, 2.45) is 5.92 Å². The lowest BCUT2D eigenvalue weighted by atomic mass is 10.1. The Morgan fingerprint density at radius 2 is 2.17 bits per heavy atom. The smallest absolute Gasteiger partial charge is 0.309 e. The van der Waals surface area contributed by atoms with E-state index in [0.29, 0.717) is 12.2 Å². The molecule has 1 fully saturated rings. The Kier molecular flexibility index (Phi) is 3.98. The molecule has 1 saturated heterocycles. The molecule has 0 bridgehead atoms. The molecule has 1 aromatic rings. The molecule has 1 amide bonds. The van der Waals surface area contributed by atoms with E-state index in [1.165, 1.54) is 4.90 Å². The van der Waals surface area contributed by atoms with Gasteiger partial charge >= 0.3 is 5.97 Å². The molecule has 0 spiro atoms. The predicted octanol–water partition coefficient (Wildman–Crippen LogP) is 1.09. The van der Waals surface area contributed by atoms with Gasteiger partial charge in [-0.3, -0.25) is 9.59 Å². The molecule has 1 atom stereocenters. The average molecular weight is 313 g/mol. The number of nitrogens with one attached hydrogen (secondary N) is 1. The molecule has 1 heterocycles. The lowest BCUT2D eigenvalue weighted by Crippen LogP contribution is -2.37. The van der Waals surface area contributed by atoms with E-state index in [1.54, 1.807) is 6.07 Å². The number of amides is 1. The number of carboxylic acid groups (broad SMARTS) is 1. The second-order valence-corrected chi connectivity index (χ2v) is 4.98. The molecule has 2 N–H and O–H groups in total. The van der Waals surface area contributed by atoms with Gasteiger partial charge in [-0.1, -0.05) is 12.1 Å². The van der Waals surface area contributed by atoms with Gasteiger partial charge in [-0.15, -0.1) is 0 Å². The van der Waals surface area contributed by atoms with Crippen molar-refractivity contribution in [1.82, 2.24) is 5.32 Å². The number of carbonyl (C=O) groups is 2. The fourth-order valence-corrected chi connectivity index (χ4v) is 2.40. The van der Waals surface area contributed by atoms with Crippen molar-refractivity contribution < 1.29 is 14.7 Å². The molecule has 1 aliphatic heterocycles. The number of benzene rings is 1. The number of aliphatic carboxylic acids is 1. The Balaban J connectivity index is 2.31. The van der Waals surface area contributed by atoms with Crippen LogP contribution in [0.5, 0.6) is 0 Å². The molecule has 0 radical (unpaired) electrons. The minimum atomic E-state index is -0.894. The van der Waals surface area contributed by atoms with Crippen molar-refractivity contribution in [1.29, 1.82) is 0 Å². The molecule has 5 nitrogen and oxygen atoms in total. The summed E-state index contributed by atoms with van der Waals surface area (Å²) >= 11 is 3.38. The Morgan fingerprint density at radius 1 is 1.44 bits per heavy atom. The van der Waals surface area contributed by atoms with Crippen molar-refractivity contribution in [2.75, 3.05) is 24.5 Å². The number of rotatable bonds is 2. The van der Waals surface area contributed by atoms with Crippen molar-refractivity contribution in [3.8, 4) is 0 Å². The second-order valence-electron chi connectivity index (χ2n) is 4.12.